The van der Waals surface area contributed by atoms with E-state index in [4.69, 9.17) is 5.73 Å². The second-order valence-corrected chi connectivity index (χ2v) is 5.34. The molecule has 23 heavy (non-hydrogen) atoms. The number of ketones is 1. The van der Waals surface area contributed by atoms with Gasteiger partial charge in [-0.25, -0.2) is 17.6 Å². The number of nitrogens with two attached hydrogens (primary N) is 1. The monoisotopic (exact) mass is 332 g/mol. The van der Waals surface area contributed by atoms with Crippen LogP contribution in [0.3, 0.4) is 0 Å². The van der Waals surface area contributed by atoms with Gasteiger partial charge in [-0.1, -0.05) is 6.07 Å². The Labute approximate surface area is 130 Å². The molecular formula is C15H16F4N2O2. The van der Waals surface area contributed by atoms with Crippen LogP contribution >= 0.6 is 0 Å². The number of benzene rings is 1. The average molecular weight is 332 g/mol. The summed E-state index contributed by atoms with van der Waals surface area (Å²) in [7, 11) is 0. The van der Waals surface area contributed by atoms with Gasteiger partial charge in [0.15, 0.2) is 0 Å². The third-order valence-corrected chi connectivity index (χ3v) is 3.96. The van der Waals surface area contributed by atoms with Gasteiger partial charge in [0.2, 0.25) is 17.9 Å². The maximum Gasteiger partial charge on any atom is 0.276 e. The number of rotatable bonds is 6. The maximum absolute atomic E-state index is 13.5. The Morgan fingerprint density at radius 1 is 1.26 bits per heavy atom. The van der Waals surface area contributed by atoms with E-state index in [1.165, 1.54) is 0 Å². The number of nitrogens with one attached hydrogen (secondary N) is 1. The van der Waals surface area contributed by atoms with E-state index in [0.29, 0.717) is 19.5 Å². The highest BCUT2D eigenvalue weighted by atomic mass is 19.3. The van der Waals surface area contributed by atoms with E-state index in [1.54, 1.807) is 0 Å². The van der Waals surface area contributed by atoms with Crippen molar-refractivity contribution in [3.63, 3.8) is 0 Å². The molecule has 2 rings (SSSR count). The van der Waals surface area contributed by atoms with Gasteiger partial charge in [-0.15, -0.1) is 0 Å². The largest absolute Gasteiger partial charge is 0.366 e. The number of carbonyl (C=O) groups excluding carboxylic acids is 2. The fourth-order valence-corrected chi connectivity index (χ4v) is 2.88. The summed E-state index contributed by atoms with van der Waals surface area (Å²) in [6.45, 7) is -0.142. The molecule has 2 unspecified atom stereocenters. The lowest BCUT2D eigenvalue weighted by Crippen LogP contribution is -2.27. The minimum atomic E-state index is -3.47. The van der Waals surface area contributed by atoms with E-state index in [2.05, 4.69) is 5.32 Å². The Balaban J connectivity index is 2.61. The van der Waals surface area contributed by atoms with Crippen LogP contribution in [0.15, 0.2) is 12.1 Å². The maximum atomic E-state index is 13.5. The van der Waals surface area contributed by atoms with E-state index in [1.807, 2.05) is 0 Å². The molecule has 1 aromatic rings. The zero-order chi connectivity index (χ0) is 17.1. The minimum absolute atomic E-state index is 0.0992. The molecule has 0 aromatic heterocycles. The van der Waals surface area contributed by atoms with Gasteiger partial charge in [0, 0.05) is 17.7 Å². The molecule has 1 aliphatic heterocycles. The number of carbonyl (C=O) groups is 2. The SMILES string of the molecule is NC(=O)c1ccc(C(=O)C(F)C(F)F)c(C2CCNC2)c1CF. The van der Waals surface area contributed by atoms with Crippen LogP contribution in [0.5, 0.6) is 0 Å². The molecular weight excluding hydrogens is 316 g/mol. The van der Waals surface area contributed by atoms with Crippen molar-refractivity contribution in [3.8, 4) is 0 Å². The second-order valence-electron chi connectivity index (χ2n) is 5.34. The fourth-order valence-electron chi connectivity index (χ4n) is 2.88. The van der Waals surface area contributed by atoms with E-state index < -0.39 is 31.0 Å². The molecule has 3 N–H and O–H groups in total. The van der Waals surface area contributed by atoms with Crippen LogP contribution in [0.2, 0.25) is 0 Å². The van der Waals surface area contributed by atoms with Crippen molar-refractivity contribution in [1.29, 1.82) is 0 Å². The lowest BCUT2D eigenvalue weighted by atomic mass is 9.84. The summed E-state index contributed by atoms with van der Waals surface area (Å²) in [5.74, 6) is -2.67. The van der Waals surface area contributed by atoms with Crippen LogP contribution in [0, 0.1) is 0 Å². The topological polar surface area (TPSA) is 72.2 Å². The Kier molecular flexibility index (Phi) is 5.35. The molecule has 0 radical (unpaired) electrons. The highest BCUT2D eigenvalue weighted by Crippen LogP contribution is 2.33. The molecule has 0 bridgehead atoms. The first-order valence-electron chi connectivity index (χ1n) is 7.07. The van der Waals surface area contributed by atoms with E-state index >= 15 is 0 Å². The van der Waals surface area contributed by atoms with Crippen LogP contribution in [-0.4, -0.2) is 37.4 Å². The molecule has 0 aliphatic carbocycles. The van der Waals surface area contributed by atoms with Crippen molar-refractivity contribution in [2.75, 3.05) is 13.1 Å². The first kappa shape index (κ1) is 17.4. The highest BCUT2D eigenvalue weighted by Gasteiger charge is 2.34. The van der Waals surface area contributed by atoms with Gasteiger partial charge in [-0.3, -0.25) is 9.59 Å². The van der Waals surface area contributed by atoms with Crippen molar-refractivity contribution >= 4 is 11.7 Å². The van der Waals surface area contributed by atoms with Gasteiger partial charge in [-0.2, -0.15) is 0 Å². The number of Topliss-reactive ketones (excluding diaryl/α,β-unsaturated/α-hetero) is 1. The Bertz CT molecular complexity index is 616. The van der Waals surface area contributed by atoms with Crippen molar-refractivity contribution in [3.05, 3.63) is 34.4 Å². The quantitative estimate of drug-likeness (QED) is 0.619. The third kappa shape index (κ3) is 3.36. The summed E-state index contributed by atoms with van der Waals surface area (Å²) in [6, 6.07) is 2.15. The summed E-state index contributed by atoms with van der Waals surface area (Å²) in [4.78, 5) is 23.4. The van der Waals surface area contributed by atoms with E-state index in [-0.39, 0.29) is 28.2 Å². The zero-order valence-electron chi connectivity index (χ0n) is 12.1. The average Bonchev–Trinajstić information content (AvgIpc) is 3.05. The van der Waals surface area contributed by atoms with Crippen molar-refractivity contribution in [1.82, 2.24) is 5.32 Å². The summed E-state index contributed by atoms with van der Waals surface area (Å²) in [6.07, 6.45) is -5.95. The van der Waals surface area contributed by atoms with Crippen molar-refractivity contribution in [2.24, 2.45) is 5.73 Å². The summed E-state index contributed by atoms with van der Waals surface area (Å²) in [5, 5.41) is 3.00. The molecule has 126 valence electrons. The van der Waals surface area contributed by atoms with Crippen LogP contribution in [0.4, 0.5) is 17.6 Å². The molecule has 2 atom stereocenters. The normalized spacial score (nSPS) is 19.1. The number of hydrogen-bond donors (Lipinski definition) is 2. The summed E-state index contributed by atoms with van der Waals surface area (Å²) in [5.41, 5.74) is 4.72. The predicted molar refractivity (Wildman–Crippen MR) is 75.2 cm³/mol. The Hall–Kier alpha value is -1.96. The molecule has 1 heterocycles. The van der Waals surface area contributed by atoms with Gasteiger partial charge in [0.1, 0.15) is 6.67 Å². The smallest absolute Gasteiger partial charge is 0.276 e. The zero-order valence-corrected chi connectivity index (χ0v) is 12.1. The Morgan fingerprint density at radius 3 is 2.39 bits per heavy atom. The molecule has 4 nitrogen and oxygen atoms in total. The van der Waals surface area contributed by atoms with Crippen LogP contribution in [-0.2, 0) is 6.67 Å². The molecule has 8 heteroatoms. The van der Waals surface area contributed by atoms with Gasteiger partial charge < -0.3 is 11.1 Å². The number of amides is 1. The number of halogens is 4. The van der Waals surface area contributed by atoms with Crippen LogP contribution in [0.1, 0.15) is 44.2 Å². The molecule has 1 fully saturated rings. The predicted octanol–water partition coefficient (Wildman–Crippen LogP) is 2.12. The molecule has 1 saturated heterocycles. The molecule has 1 aliphatic rings. The van der Waals surface area contributed by atoms with Crippen LogP contribution < -0.4 is 11.1 Å². The fraction of sp³-hybridized carbons (Fsp3) is 0.467. The molecule has 0 spiro atoms. The first-order valence-corrected chi connectivity index (χ1v) is 7.07. The second kappa shape index (κ2) is 7.08. The number of hydrogen-bond acceptors (Lipinski definition) is 3. The molecule has 1 aromatic carbocycles. The lowest BCUT2D eigenvalue weighted by molar-refractivity contribution is 0.0410. The summed E-state index contributed by atoms with van der Waals surface area (Å²) < 4.78 is 52.0. The summed E-state index contributed by atoms with van der Waals surface area (Å²) >= 11 is 0. The number of primary amides is 1. The standard InChI is InChI=1S/C15H16F4N2O2/c16-5-10-8(15(20)23)1-2-9(13(22)12(17)14(18)19)11(10)7-3-4-21-6-7/h1-2,7,12,14,21H,3-6H2,(H2,20,23). The molecule has 0 saturated carbocycles. The van der Waals surface area contributed by atoms with Gasteiger partial charge in [0.05, 0.1) is 0 Å². The lowest BCUT2D eigenvalue weighted by Gasteiger charge is -2.20. The number of alkyl halides is 4. The van der Waals surface area contributed by atoms with Gasteiger partial charge >= 0.3 is 0 Å². The van der Waals surface area contributed by atoms with E-state index in [9.17, 15) is 27.2 Å². The molecule has 1 amide bonds. The highest BCUT2D eigenvalue weighted by molar-refractivity contribution is 6.03. The Morgan fingerprint density at radius 2 is 1.91 bits per heavy atom. The van der Waals surface area contributed by atoms with Gasteiger partial charge in [0.25, 0.3) is 6.43 Å². The van der Waals surface area contributed by atoms with Crippen LogP contribution in [0.25, 0.3) is 0 Å². The van der Waals surface area contributed by atoms with Crippen molar-refractivity contribution < 1.29 is 27.2 Å². The van der Waals surface area contributed by atoms with Crippen molar-refractivity contribution in [2.45, 2.75) is 31.6 Å². The third-order valence-electron chi connectivity index (χ3n) is 3.96. The van der Waals surface area contributed by atoms with Gasteiger partial charge in [-0.05, 0) is 36.1 Å². The first-order chi connectivity index (χ1) is 10.9. The minimum Gasteiger partial charge on any atom is -0.366 e. The van der Waals surface area contributed by atoms with E-state index in [0.717, 1.165) is 12.1 Å².